The third-order valence-corrected chi connectivity index (χ3v) is 5.03. The first-order valence-electron chi connectivity index (χ1n) is 7.80. The van der Waals surface area contributed by atoms with Crippen molar-refractivity contribution in [1.82, 2.24) is 4.98 Å². The maximum Gasteiger partial charge on any atom is 0.173 e. The molecule has 0 bridgehead atoms. The van der Waals surface area contributed by atoms with Gasteiger partial charge in [0.05, 0.1) is 11.6 Å². The SMILES string of the molecule is COC1(C(=O)C2CCc3cccnc32)CCCCCC1. The lowest BCUT2D eigenvalue weighted by Gasteiger charge is -2.32. The summed E-state index contributed by atoms with van der Waals surface area (Å²) in [5, 5.41) is 0. The molecule has 3 rings (SSSR count). The highest BCUT2D eigenvalue weighted by Crippen LogP contribution is 2.40. The Bertz CT molecular complexity index is 490. The van der Waals surface area contributed by atoms with Gasteiger partial charge in [0.15, 0.2) is 5.78 Å². The van der Waals surface area contributed by atoms with E-state index >= 15 is 0 Å². The molecule has 1 aromatic heterocycles. The number of pyridine rings is 1. The predicted octanol–water partition coefficient (Wildman–Crippen LogP) is 3.42. The number of methoxy groups -OCH3 is 1. The van der Waals surface area contributed by atoms with E-state index in [1.54, 1.807) is 13.3 Å². The number of ether oxygens (including phenoxy) is 1. The van der Waals surface area contributed by atoms with Gasteiger partial charge in [0.25, 0.3) is 0 Å². The van der Waals surface area contributed by atoms with E-state index in [4.69, 9.17) is 4.74 Å². The zero-order chi connectivity index (χ0) is 14.0. The topological polar surface area (TPSA) is 39.2 Å². The van der Waals surface area contributed by atoms with Crippen molar-refractivity contribution in [2.24, 2.45) is 0 Å². The lowest BCUT2D eigenvalue weighted by atomic mass is 9.81. The molecule has 108 valence electrons. The van der Waals surface area contributed by atoms with Crippen molar-refractivity contribution in [2.75, 3.05) is 7.11 Å². The van der Waals surface area contributed by atoms with Crippen LogP contribution in [-0.4, -0.2) is 23.5 Å². The molecule has 2 aliphatic rings. The molecule has 20 heavy (non-hydrogen) atoms. The Hall–Kier alpha value is -1.22. The zero-order valence-corrected chi connectivity index (χ0v) is 12.2. The van der Waals surface area contributed by atoms with Crippen LogP contribution in [0.3, 0.4) is 0 Å². The second kappa shape index (κ2) is 5.65. The number of ketones is 1. The number of aromatic nitrogens is 1. The number of rotatable bonds is 3. The van der Waals surface area contributed by atoms with Crippen molar-refractivity contribution in [3.8, 4) is 0 Å². The van der Waals surface area contributed by atoms with Gasteiger partial charge in [-0.15, -0.1) is 0 Å². The lowest BCUT2D eigenvalue weighted by Crippen LogP contribution is -2.43. The number of carbonyl (C=O) groups is 1. The van der Waals surface area contributed by atoms with Gasteiger partial charge in [-0.05, 0) is 37.3 Å². The van der Waals surface area contributed by atoms with Gasteiger partial charge >= 0.3 is 0 Å². The number of carbonyl (C=O) groups excluding carboxylic acids is 1. The summed E-state index contributed by atoms with van der Waals surface area (Å²) in [6.45, 7) is 0. The molecule has 0 saturated heterocycles. The van der Waals surface area contributed by atoms with E-state index < -0.39 is 5.60 Å². The molecule has 3 nitrogen and oxygen atoms in total. The fourth-order valence-corrected chi connectivity index (χ4v) is 3.84. The monoisotopic (exact) mass is 273 g/mol. The van der Waals surface area contributed by atoms with E-state index in [1.165, 1.54) is 18.4 Å². The van der Waals surface area contributed by atoms with Gasteiger partial charge < -0.3 is 4.74 Å². The fraction of sp³-hybridized carbons (Fsp3) is 0.647. The van der Waals surface area contributed by atoms with Crippen LogP contribution in [0.15, 0.2) is 18.3 Å². The number of hydrogen-bond donors (Lipinski definition) is 0. The summed E-state index contributed by atoms with van der Waals surface area (Å²) in [5.74, 6) is 0.226. The van der Waals surface area contributed by atoms with Crippen LogP contribution in [-0.2, 0) is 16.0 Å². The molecule has 1 heterocycles. The highest BCUT2D eigenvalue weighted by molar-refractivity contribution is 5.93. The quantitative estimate of drug-likeness (QED) is 0.792. The Morgan fingerprint density at radius 1 is 1.30 bits per heavy atom. The van der Waals surface area contributed by atoms with Gasteiger partial charge in [-0.1, -0.05) is 31.7 Å². The number of aryl methyl sites for hydroxylation is 1. The van der Waals surface area contributed by atoms with Crippen molar-refractivity contribution in [2.45, 2.75) is 62.9 Å². The maximum absolute atomic E-state index is 13.1. The van der Waals surface area contributed by atoms with Crippen LogP contribution in [0.4, 0.5) is 0 Å². The predicted molar refractivity (Wildman–Crippen MR) is 77.7 cm³/mol. The summed E-state index contributed by atoms with van der Waals surface area (Å²) >= 11 is 0. The minimum atomic E-state index is -0.555. The average molecular weight is 273 g/mol. The Kier molecular flexibility index (Phi) is 3.88. The third kappa shape index (κ3) is 2.28. The molecule has 1 saturated carbocycles. The second-order valence-corrected chi connectivity index (χ2v) is 6.12. The summed E-state index contributed by atoms with van der Waals surface area (Å²) in [6.07, 6.45) is 10.1. The van der Waals surface area contributed by atoms with Gasteiger partial charge in [0, 0.05) is 13.3 Å². The van der Waals surface area contributed by atoms with Crippen molar-refractivity contribution in [1.29, 1.82) is 0 Å². The van der Waals surface area contributed by atoms with E-state index in [0.29, 0.717) is 0 Å². The number of hydrogen-bond acceptors (Lipinski definition) is 3. The smallest absolute Gasteiger partial charge is 0.173 e. The second-order valence-electron chi connectivity index (χ2n) is 6.12. The van der Waals surface area contributed by atoms with Gasteiger partial charge in [-0.2, -0.15) is 0 Å². The normalized spacial score (nSPS) is 24.9. The molecule has 1 atom stereocenters. The summed E-state index contributed by atoms with van der Waals surface area (Å²) < 4.78 is 5.77. The highest BCUT2D eigenvalue weighted by atomic mass is 16.5. The number of nitrogens with zero attached hydrogens (tertiary/aromatic N) is 1. The Morgan fingerprint density at radius 2 is 2.05 bits per heavy atom. The van der Waals surface area contributed by atoms with E-state index in [0.717, 1.165) is 44.2 Å². The first kappa shape index (κ1) is 13.7. The summed E-state index contributed by atoms with van der Waals surface area (Å²) in [7, 11) is 1.71. The third-order valence-electron chi connectivity index (χ3n) is 5.03. The molecule has 1 aromatic rings. The van der Waals surface area contributed by atoms with E-state index in [2.05, 4.69) is 11.1 Å². The molecular weight excluding hydrogens is 250 g/mol. The molecule has 0 spiro atoms. The van der Waals surface area contributed by atoms with E-state index in [1.807, 2.05) is 6.07 Å². The molecule has 0 aliphatic heterocycles. The average Bonchev–Trinajstić information content (AvgIpc) is 2.76. The van der Waals surface area contributed by atoms with Crippen LogP contribution < -0.4 is 0 Å². The van der Waals surface area contributed by atoms with Gasteiger partial charge in [0.2, 0.25) is 0 Å². The Labute approximate surface area is 120 Å². The van der Waals surface area contributed by atoms with Crippen molar-refractivity contribution >= 4 is 5.78 Å². The van der Waals surface area contributed by atoms with Crippen LogP contribution in [0.5, 0.6) is 0 Å². The van der Waals surface area contributed by atoms with Crippen LogP contribution in [0, 0.1) is 0 Å². The zero-order valence-electron chi connectivity index (χ0n) is 12.2. The fourth-order valence-electron chi connectivity index (χ4n) is 3.84. The summed E-state index contributed by atoms with van der Waals surface area (Å²) in [5.41, 5.74) is 1.68. The van der Waals surface area contributed by atoms with Crippen LogP contribution in [0.1, 0.15) is 62.1 Å². The van der Waals surface area contributed by atoms with E-state index in [9.17, 15) is 4.79 Å². The first-order chi connectivity index (χ1) is 9.77. The van der Waals surface area contributed by atoms with Crippen molar-refractivity contribution in [3.63, 3.8) is 0 Å². The molecule has 0 N–H and O–H groups in total. The molecule has 3 heteroatoms. The van der Waals surface area contributed by atoms with Gasteiger partial charge in [0.1, 0.15) is 5.60 Å². The summed E-state index contributed by atoms with van der Waals surface area (Å²) in [4.78, 5) is 17.6. The van der Waals surface area contributed by atoms with Crippen LogP contribution in [0.25, 0.3) is 0 Å². The minimum Gasteiger partial charge on any atom is -0.370 e. The Balaban J connectivity index is 1.88. The molecule has 1 unspecified atom stereocenters. The van der Waals surface area contributed by atoms with Crippen molar-refractivity contribution < 1.29 is 9.53 Å². The molecule has 0 amide bonds. The molecule has 0 radical (unpaired) electrons. The van der Waals surface area contributed by atoms with Crippen LogP contribution in [0.2, 0.25) is 0 Å². The standard InChI is InChI=1S/C17H23NO2/c1-20-17(10-4-2-3-5-11-17)16(19)14-9-8-13-7-6-12-18-15(13)14/h6-7,12,14H,2-5,8-11H2,1H3. The van der Waals surface area contributed by atoms with E-state index in [-0.39, 0.29) is 11.7 Å². The highest BCUT2D eigenvalue weighted by Gasteiger charge is 2.44. The Morgan fingerprint density at radius 3 is 2.75 bits per heavy atom. The first-order valence-corrected chi connectivity index (χ1v) is 7.80. The molecule has 1 fully saturated rings. The van der Waals surface area contributed by atoms with Crippen LogP contribution >= 0.6 is 0 Å². The maximum atomic E-state index is 13.1. The summed E-state index contributed by atoms with van der Waals surface area (Å²) in [6, 6.07) is 4.06. The van der Waals surface area contributed by atoms with Gasteiger partial charge in [-0.25, -0.2) is 0 Å². The largest absolute Gasteiger partial charge is 0.370 e. The van der Waals surface area contributed by atoms with Crippen molar-refractivity contribution in [3.05, 3.63) is 29.6 Å². The molecule has 2 aliphatic carbocycles. The number of Topliss-reactive ketones (excluding diaryl/α,β-unsaturated/α-hetero) is 1. The lowest BCUT2D eigenvalue weighted by molar-refractivity contribution is -0.144. The molecule has 0 aromatic carbocycles. The number of fused-ring (bicyclic) bond motifs is 1. The minimum absolute atomic E-state index is 0.0516. The molecular formula is C17H23NO2. The van der Waals surface area contributed by atoms with Gasteiger partial charge in [-0.3, -0.25) is 9.78 Å².